The van der Waals surface area contributed by atoms with E-state index in [1.165, 1.54) is 77.0 Å². The summed E-state index contributed by atoms with van der Waals surface area (Å²) in [6.45, 7) is 2.74. The molecule has 0 aromatic heterocycles. The molecule has 0 aliphatic rings. The fourth-order valence-electron chi connectivity index (χ4n) is 2.50. The topological polar surface area (TPSA) is 49.7 Å². The van der Waals surface area contributed by atoms with Crippen LogP contribution in [0.5, 0.6) is 0 Å². The van der Waals surface area contributed by atoms with Crippen LogP contribution >= 0.6 is 8.60 Å². The van der Waals surface area contributed by atoms with Crippen LogP contribution in [-0.2, 0) is 4.52 Å². The summed E-state index contributed by atoms with van der Waals surface area (Å²) in [4.78, 5) is 17.1. The van der Waals surface area contributed by atoms with Crippen molar-refractivity contribution in [3.63, 3.8) is 0 Å². The van der Waals surface area contributed by atoms with Gasteiger partial charge in [0.15, 0.2) is 0 Å². The molecule has 134 valence electrons. The van der Waals surface area contributed by atoms with Crippen molar-refractivity contribution < 1.29 is 14.3 Å². The normalized spacial score (nSPS) is 11.3. The van der Waals surface area contributed by atoms with E-state index >= 15 is 0 Å². The van der Waals surface area contributed by atoms with E-state index in [0.717, 1.165) is 12.8 Å². The summed E-state index contributed by atoms with van der Waals surface area (Å²) in [5.74, 6) is 0. The van der Waals surface area contributed by atoms with Gasteiger partial charge in [-0.2, -0.15) is 0 Å². The van der Waals surface area contributed by atoms with Gasteiger partial charge in [0.05, 0.1) is 6.61 Å². The van der Waals surface area contributed by atoms with Crippen molar-refractivity contribution in [2.24, 2.45) is 0 Å². The summed E-state index contributed by atoms with van der Waals surface area (Å²) in [5.41, 5.74) is 0. The van der Waals surface area contributed by atoms with Crippen LogP contribution in [0.3, 0.4) is 0 Å². The van der Waals surface area contributed by atoms with Gasteiger partial charge in [0.1, 0.15) is 0 Å². The second-order valence-electron chi connectivity index (χ2n) is 6.02. The van der Waals surface area contributed by atoms with Crippen LogP contribution in [0.15, 0.2) is 12.2 Å². The molecule has 3 nitrogen and oxygen atoms in total. The van der Waals surface area contributed by atoms with Gasteiger partial charge in [-0.1, -0.05) is 76.9 Å². The zero-order chi connectivity index (χ0) is 16.3. The molecule has 0 heterocycles. The quantitative estimate of drug-likeness (QED) is 0.154. The minimum atomic E-state index is -2.15. The van der Waals surface area contributed by atoms with Crippen molar-refractivity contribution in [1.82, 2.24) is 0 Å². The van der Waals surface area contributed by atoms with Crippen LogP contribution in [0.1, 0.15) is 96.8 Å². The van der Waals surface area contributed by atoms with E-state index in [0.29, 0.717) is 6.61 Å². The number of allylic oxidation sites excluding steroid dienone is 2. The predicted octanol–water partition coefficient (Wildman–Crippen LogP) is 5.60. The van der Waals surface area contributed by atoms with E-state index in [9.17, 15) is 0 Å². The summed E-state index contributed by atoms with van der Waals surface area (Å²) in [6.07, 6.45) is 22.6. The van der Waals surface area contributed by atoms with Gasteiger partial charge < -0.3 is 14.3 Å². The van der Waals surface area contributed by atoms with Crippen LogP contribution in [-0.4, -0.2) is 46.0 Å². The Balaban J connectivity index is 0. The molecule has 0 atom stereocenters. The molecule has 0 fully saturated rings. The molecule has 0 amide bonds. The van der Waals surface area contributed by atoms with Crippen molar-refractivity contribution in [3.05, 3.63) is 12.2 Å². The van der Waals surface area contributed by atoms with E-state index < -0.39 is 8.60 Å². The molecule has 0 radical (unpaired) electrons. The van der Waals surface area contributed by atoms with Gasteiger partial charge in [-0.3, -0.25) is 0 Å². The Kier molecular flexibility index (Phi) is 26.3. The maximum atomic E-state index is 8.57. The summed E-state index contributed by atoms with van der Waals surface area (Å²) in [7, 11) is -2.15. The third-order valence-electron chi connectivity index (χ3n) is 3.86. The Bertz CT molecular complexity index is 238. The van der Waals surface area contributed by atoms with Crippen molar-refractivity contribution in [2.75, 3.05) is 6.61 Å². The van der Waals surface area contributed by atoms with Crippen molar-refractivity contribution in [1.29, 1.82) is 0 Å². The molecule has 0 aromatic carbocycles. The number of rotatable bonds is 17. The second kappa shape index (κ2) is 23.1. The molecular weight excluding hydrogens is 318 g/mol. The Morgan fingerprint density at radius 2 is 1.13 bits per heavy atom. The average Bonchev–Trinajstić information content (AvgIpc) is 2.50. The van der Waals surface area contributed by atoms with E-state index in [4.69, 9.17) is 14.3 Å². The molecule has 0 bridgehead atoms. The molecular formula is C18H38NaO3P. The van der Waals surface area contributed by atoms with Gasteiger partial charge in [0.2, 0.25) is 0 Å². The Labute approximate surface area is 167 Å². The van der Waals surface area contributed by atoms with Crippen molar-refractivity contribution in [2.45, 2.75) is 96.8 Å². The SMILES string of the molecule is CCCCCCCC/C=C\CCCCCCCCOP(O)O.[NaH]. The van der Waals surface area contributed by atoms with Gasteiger partial charge in [0.25, 0.3) is 0 Å². The Morgan fingerprint density at radius 1 is 0.696 bits per heavy atom. The monoisotopic (exact) mass is 356 g/mol. The predicted molar refractivity (Wildman–Crippen MR) is 104 cm³/mol. The van der Waals surface area contributed by atoms with Crippen molar-refractivity contribution in [3.8, 4) is 0 Å². The molecule has 2 N–H and O–H groups in total. The zero-order valence-electron chi connectivity index (χ0n) is 14.5. The molecule has 23 heavy (non-hydrogen) atoms. The third kappa shape index (κ3) is 25.4. The molecule has 0 spiro atoms. The summed E-state index contributed by atoms with van der Waals surface area (Å²) >= 11 is 0. The fraction of sp³-hybridized carbons (Fsp3) is 0.889. The molecule has 0 saturated carbocycles. The summed E-state index contributed by atoms with van der Waals surface area (Å²) in [5, 5.41) is 0. The first-order valence-electron chi connectivity index (χ1n) is 9.23. The standard InChI is InChI=1S/C18H37O3P.Na.H/c1-2-3-4-5-6-7-8-9-10-11-12-13-14-15-16-17-18-21-22(19)20;;/h9-10,19-20H,2-8,11-18H2,1H3;;/b10-9-;;. The Hall–Kier alpha value is 1.05. The minimum absolute atomic E-state index is 0. The second-order valence-corrected chi connectivity index (χ2v) is 6.79. The zero-order valence-corrected chi connectivity index (χ0v) is 15.4. The number of hydrogen-bond acceptors (Lipinski definition) is 3. The summed E-state index contributed by atoms with van der Waals surface area (Å²) < 4.78 is 4.73. The first-order valence-corrected chi connectivity index (χ1v) is 10.4. The number of unbranched alkanes of at least 4 members (excludes halogenated alkanes) is 12. The van der Waals surface area contributed by atoms with Crippen LogP contribution in [0.4, 0.5) is 0 Å². The molecule has 5 heteroatoms. The van der Waals surface area contributed by atoms with Gasteiger partial charge in [-0.15, -0.1) is 0 Å². The Morgan fingerprint density at radius 3 is 1.61 bits per heavy atom. The molecule has 0 aromatic rings. The van der Waals surface area contributed by atoms with Gasteiger partial charge in [-0.05, 0) is 32.1 Å². The molecule has 0 aliphatic carbocycles. The first kappa shape index (κ1) is 26.3. The van der Waals surface area contributed by atoms with Gasteiger partial charge in [0, 0.05) is 0 Å². The molecule has 0 aliphatic heterocycles. The van der Waals surface area contributed by atoms with Gasteiger partial charge >= 0.3 is 38.2 Å². The maximum absolute atomic E-state index is 8.57. The van der Waals surface area contributed by atoms with E-state index in [1.54, 1.807) is 0 Å². The molecule has 0 saturated heterocycles. The first-order chi connectivity index (χ1) is 10.8. The molecule has 0 rings (SSSR count). The van der Waals surface area contributed by atoms with E-state index in [-0.39, 0.29) is 29.6 Å². The van der Waals surface area contributed by atoms with Gasteiger partial charge in [-0.25, -0.2) is 0 Å². The summed E-state index contributed by atoms with van der Waals surface area (Å²) in [6, 6.07) is 0. The third-order valence-corrected chi connectivity index (χ3v) is 4.28. The average molecular weight is 356 g/mol. The fourth-order valence-corrected chi connectivity index (χ4v) is 2.79. The van der Waals surface area contributed by atoms with Crippen LogP contribution in [0.2, 0.25) is 0 Å². The van der Waals surface area contributed by atoms with E-state index in [2.05, 4.69) is 19.1 Å². The van der Waals surface area contributed by atoms with Crippen LogP contribution < -0.4 is 0 Å². The van der Waals surface area contributed by atoms with Crippen LogP contribution in [0.25, 0.3) is 0 Å². The molecule has 0 unspecified atom stereocenters. The number of hydrogen-bond donors (Lipinski definition) is 2. The van der Waals surface area contributed by atoms with Crippen LogP contribution in [0, 0.1) is 0 Å². The van der Waals surface area contributed by atoms with E-state index in [1.807, 2.05) is 0 Å². The van der Waals surface area contributed by atoms with Crippen molar-refractivity contribution >= 4 is 38.2 Å².